The Kier molecular flexibility index (Phi) is 7.64. The topological polar surface area (TPSA) is 97.4 Å². The number of nitrogens with zero attached hydrogens (tertiary/aromatic N) is 1. The molecule has 3 rings (SSSR count). The molecule has 1 heterocycles. The van der Waals surface area contributed by atoms with Crippen molar-refractivity contribution in [2.24, 2.45) is 0 Å². The third-order valence-corrected chi connectivity index (χ3v) is 6.87. The van der Waals surface area contributed by atoms with Gasteiger partial charge in [-0.2, -0.15) is 0 Å². The van der Waals surface area contributed by atoms with E-state index in [9.17, 15) is 13.2 Å². The van der Waals surface area contributed by atoms with Crippen LogP contribution in [0.15, 0.2) is 58.8 Å². The average molecular weight is 460 g/mol. The monoisotopic (exact) mass is 459 g/mol. The first-order valence-corrected chi connectivity index (χ1v) is 12.2. The molecule has 0 radical (unpaired) electrons. The lowest BCUT2D eigenvalue weighted by atomic mass is 10.1. The number of thiazole rings is 1. The molecule has 164 valence electrons. The maximum atomic E-state index is 12.4. The molecule has 0 spiro atoms. The molecule has 0 saturated carbocycles. The molecule has 0 aliphatic carbocycles. The summed E-state index contributed by atoms with van der Waals surface area (Å²) in [5.74, 6) is 0.721. The van der Waals surface area contributed by atoms with Gasteiger partial charge in [0.2, 0.25) is 5.91 Å². The van der Waals surface area contributed by atoms with Gasteiger partial charge in [-0.3, -0.25) is 9.52 Å². The molecule has 0 unspecified atom stereocenters. The van der Waals surface area contributed by atoms with Crippen molar-refractivity contribution in [3.8, 4) is 5.75 Å². The van der Waals surface area contributed by atoms with Crippen LogP contribution in [-0.4, -0.2) is 33.0 Å². The Morgan fingerprint density at radius 3 is 2.65 bits per heavy atom. The van der Waals surface area contributed by atoms with Gasteiger partial charge in [0.25, 0.3) is 10.0 Å². The number of carbonyl (C=O) groups excluding carboxylic acids is 1. The fraction of sp³-hybridized carbons (Fsp3) is 0.273. The molecule has 0 fully saturated rings. The van der Waals surface area contributed by atoms with Crippen molar-refractivity contribution < 1.29 is 17.9 Å². The predicted octanol–water partition coefficient (Wildman–Crippen LogP) is 3.55. The zero-order chi connectivity index (χ0) is 22.3. The number of benzene rings is 2. The minimum Gasteiger partial charge on any atom is -0.497 e. The number of ether oxygens (including phenoxy) is 1. The predicted molar refractivity (Wildman–Crippen MR) is 122 cm³/mol. The molecular weight excluding hydrogens is 434 g/mol. The van der Waals surface area contributed by atoms with Crippen LogP contribution in [0.3, 0.4) is 0 Å². The number of rotatable bonds is 10. The van der Waals surface area contributed by atoms with Crippen LogP contribution < -0.4 is 14.8 Å². The number of methoxy groups -OCH3 is 1. The second-order valence-electron chi connectivity index (χ2n) is 7.01. The number of hydrogen-bond acceptors (Lipinski definition) is 6. The van der Waals surface area contributed by atoms with Crippen molar-refractivity contribution >= 4 is 32.4 Å². The van der Waals surface area contributed by atoms with Crippen molar-refractivity contribution in [2.75, 3.05) is 18.4 Å². The van der Waals surface area contributed by atoms with Crippen molar-refractivity contribution in [3.63, 3.8) is 0 Å². The van der Waals surface area contributed by atoms with Crippen LogP contribution in [-0.2, 0) is 27.7 Å². The molecule has 1 amide bonds. The highest BCUT2D eigenvalue weighted by molar-refractivity contribution is 7.93. The number of aromatic nitrogens is 1. The first-order valence-electron chi connectivity index (χ1n) is 9.79. The lowest BCUT2D eigenvalue weighted by Crippen LogP contribution is -2.25. The van der Waals surface area contributed by atoms with E-state index in [4.69, 9.17) is 4.74 Å². The summed E-state index contributed by atoms with van der Waals surface area (Å²) in [6.45, 7) is 2.43. The van der Waals surface area contributed by atoms with Crippen LogP contribution in [0.1, 0.15) is 23.2 Å². The normalized spacial score (nSPS) is 11.2. The SMILES string of the molecule is COc1cccc(CCNC(=O)CCc2csc(NS(=O)(=O)c3ccc(C)cc3)n2)c1. The molecule has 3 aromatic rings. The van der Waals surface area contributed by atoms with Crippen LogP contribution in [0.25, 0.3) is 0 Å². The van der Waals surface area contributed by atoms with Crippen molar-refractivity contribution in [3.05, 3.63) is 70.7 Å². The first kappa shape index (κ1) is 22.8. The third-order valence-electron chi connectivity index (χ3n) is 4.58. The Morgan fingerprint density at radius 1 is 1.13 bits per heavy atom. The van der Waals surface area contributed by atoms with Gasteiger partial charge in [-0.15, -0.1) is 11.3 Å². The summed E-state index contributed by atoms with van der Waals surface area (Å²) in [4.78, 5) is 16.6. The molecular formula is C22H25N3O4S2. The van der Waals surface area contributed by atoms with E-state index in [-0.39, 0.29) is 22.4 Å². The van der Waals surface area contributed by atoms with Gasteiger partial charge >= 0.3 is 0 Å². The van der Waals surface area contributed by atoms with Gasteiger partial charge in [-0.1, -0.05) is 29.8 Å². The summed E-state index contributed by atoms with van der Waals surface area (Å²) in [6.07, 6.45) is 1.43. The fourth-order valence-electron chi connectivity index (χ4n) is 2.86. The molecule has 7 nitrogen and oxygen atoms in total. The zero-order valence-electron chi connectivity index (χ0n) is 17.4. The van der Waals surface area contributed by atoms with E-state index in [1.807, 2.05) is 31.2 Å². The van der Waals surface area contributed by atoms with E-state index in [1.54, 1.807) is 36.8 Å². The molecule has 1 aromatic heterocycles. The smallest absolute Gasteiger partial charge is 0.263 e. The number of hydrogen-bond donors (Lipinski definition) is 2. The van der Waals surface area contributed by atoms with E-state index in [1.165, 1.54) is 11.3 Å². The van der Waals surface area contributed by atoms with Gasteiger partial charge in [-0.05, 0) is 49.6 Å². The van der Waals surface area contributed by atoms with Crippen LogP contribution in [0, 0.1) is 6.92 Å². The molecule has 0 saturated heterocycles. The Hall–Kier alpha value is -2.91. The highest BCUT2D eigenvalue weighted by atomic mass is 32.2. The quantitative estimate of drug-likeness (QED) is 0.483. The summed E-state index contributed by atoms with van der Waals surface area (Å²) in [5, 5.41) is 4.94. The lowest BCUT2D eigenvalue weighted by molar-refractivity contribution is -0.121. The second-order valence-corrected chi connectivity index (χ2v) is 9.55. The zero-order valence-corrected chi connectivity index (χ0v) is 19.1. The van der Waals surface area contributed by atoms with Gasteiger partial charge in [0.1, 0.15) is 5.75 Å². The molecule has 0 bridgehead atoms. The number of carbonyl (C=O) groups is 1. The molecule has 0 aliphatic rings. The summed E-state index contributed by atoms with van der Waals surface area (Å²) >= 11 is 1.20. The van der Waals surface area contributed by atoms with E-state index < -0.39 is 10.0 Å². The Balaban J connectivity index is 1.45. The summed E-state index contributed by atoms with van der Waals surface area (Å²) in [6, 6.07) is 14.3. The number of nitrogens with one attached hydrogen (secondary N) is 2. The minimum absolute atomic E-state index is 0.0716. The molecule has 9 heteroatoms. The summed E-state index contributed by atoms with van der Waals surface area (Å²) < 4.78 is 32.6. The van der Waals surface area contributed by atoms with E-state index in [0.29, 0.717) is 25.1 Å². The number of amides is 1. The second kappa shape index (κ2) is 10.4. The van der Waals surface area contributed by atoms with Crippen LogP contribution in [0.5, 0.6) is 5.75 Å². The molecule has 2 aromatic carbocycles. The largest absolute Gasteiger partial charge is 0.497 e. The summed E-state index contributed by atoms with van der Waals surface area (Å²) in [7, 11) is -2.06. The van der Waals surface area contributed by atoms with E-state index in [2.05, 4.69) is 15.0 Å². The van der Waals surface area contributed by atoms with Gasteiger partial charge < -0.3 is 10.1 Å². The number of anilines is 1. The average Bonchev–Trinajstić information content (AvgIpc) is 3.19. The Labute approximate surface area is 186 Å². The van der Waals surface area contributed by atoms with Crippen molar-refractivity contribution in [1.82, 2.24) is 10.3 Å². The Morgan fingerprint density at radius 2 is 1.90 bits per heavy atom. The van der Waals surface area contributed by atoms with Crippen molar-refractivity contribution in [1.29, 1.82) is 0 Å². The molecule has 0 aliphatic heterocycles. The molecule has 0 atom stereocenters. The van der Waals surface area contributed by atoms with Crippen LogP contribution in [0.4, 0.5) is 5.13 Å². The standard InChI is InChI=1S/C22H25N3O4S2/c1-16-6-9-20(10-7-16)31(27,28)25-22-24-18(15-30-22)8-11-21(26)23-13-12-17-4-3-5-19(14-17)29-2/h3-7,9-10,14-15H,8,11-13H2,1-2H3,(H,23,26)(H,24,25). The maximum Gasteiger partial charge on any atom is 0.263 e. The van der Waals surface area contributed by atoms with Crippen LogP contribution >= 0.6 is 11.3 Å². The molecule has 31 heavy (non-hydrogen) atoms. The Bertz CT molecular complexity index is 1130. The van der Waals surface area contributed by atoms with Crippen LogP contribution in [0.2, 0.25) is 0 Å². The number of aryl methyl sites for hydroxylation is 2. The van der Waals surface area contributed by atoms with Gasteiger partial charge in [0.15, 0.2) is 5.13 Å². The van der Waals surface area contributed by atoms with Gasteiger partial charge in [-0.25, -0.2) is 13.4 Å². The molecule has 2 N–H and O–H groups in total. The highest BCUT2D eigenvalue weighted by Gasteiger charge is 2.16. The maximum absolute atomic E-state index is 12.4. The highest BCUT2D eigenvalue weighted by Crippen LogP contribution is 2.21. The number of sulfonamides is 1. The minimum atomic E-state index is -3.68. The first-order chi connectivity index (χ1) is 14.9. The fourth-order valence-corrected chi connectivity index (χ4v) is 4.86. The van der Waals surface area contributed by atoms with E-state index >= 15 is 0 Å². The van der Waals surface area contributed by atoms with Gasteiger partial charge in [0.05, 0.1) is 17.7 Å². The lowest BCUT2D eigenvalue weighted by Gasteiger charge is -2.06. The summed E-state index contributed by atoms with van der Waals surface area (Å²) in [5.41, 5.74) is 2.75. The van der Waals surface area contributed by atoms with E-state index in [0.717, 1.165) is 16.9 Å². The third kappa shape index (κ3) is 6.80. The van der Waals surface area contributed by atoms with Gasteiger partial charge in [0, 0.05) is 18.3 Å². The van der Waals surface area contributed by atoms with Crippen molar-refractivity contribution in [2.45, 2.75) is 31.1 Å².